The molecule has 0 unspecified atom stereocenters. The standard InChI is InChI=1S/C10H12BrFN2OS/c1-10(2,3)16(15)14-5-7-4-8(11)6-13-9(7)12/h4-6H,1-3H3/t16-/m1/s1. The van der Waals surface area contributed by atoms with Gasteiger partial charge >= 0.3 is 0 Å². The lowest BCUT2D eigenvalue weighted by molar-refractivity contribution is 0.561. The summed E-state index contributed by atoms with van der Waals surface area (Å²) in [5.74, 6) is -0.627. The second-order valence-corrected chi connectivity index (χ2v) is 6.98. The zero-order chi connectivity index (χ0) is 12.3. The second-order valence-electron chi connectivity index (χ2n) is 4.13. The first-order valence-electron chi connectivity index (χ1n) is 4.58. The largest absolute Gasteiger partial charge is 0.591 e. The second kappa shape index (κ2) is 5.25. The minimum atomic E-state index is -1.39. The van der Waals surface area contributed by atoms with Crippen LogP contribution in [0.2, 0.25) is 0 Å². The van der Waals surface area contributed by atoms with E-state index in [1.807, 2.05) is 0 Å². The molecule has 0 aliphatic rings. The maximum Gasteiger partial charge on any atom is 0.221 e. The van der Waals surface area contributed by atoms with E-state index in [2.05, 4.69) is 25.3 Å². The maximum absolute atomic E-state index is 13.2. The fraction of sp³-hybridized carbons (Fsp3) is 0.400. The van der Waals surface area contributed by atoms with Crippen LogP contribution in [0.4, 0.5) is 4.39 Å². The third-order valence-electron chi connectivity index (χ3n) is 1.64. The predicted molar refractivity (Wildman–Crippen MR) is 67.4 cm³/mol. The van der Waals surface area contributed by atoms with Crippen LogP contribution in [0.5, 0.6) is 0 Å². The van der Waals surface area contributed by atoms with Crippen LogP contribution >= 0.6 is 15.9 Å². The topological polar surface area (TPSA) is 48.3 Å². The van der Waals surface area contributed by atoms with Crippen molar-refractivity contribution >= 4 is 33.5 Å². The van der Waals surface area contributed by atoms with Crippen LogP contribution in [0.25, 0.3) is 0 Å². The Morgan fingerprint density at radius 1 is 1.56 bits per heavy atom. The zero-order valence-electron chi connectivity index (χ0n) is 9.20. The van der Waals surface area contributed by atoms with Gasteiger partial charge in [-0.05, 0) is 42.8 Å². The van der Waals surface area contributed by atoms with Gasteiger partial charge in [0.2, 0.25) is 5.95 Å². The molecule has 1 heterocycles. The highest BCUT2D eigenvalue weighted by Crippen LogP contribution is 2.17. The monoisotopic (exact) mass is 306 g/mol. The summed E-state index contributed by atoms with van der Waals surface area (Å²) in [6.45, 7) is 5.40. The van der Waals surface area contributed by atoms with Crippen molar-refractivity contribution in [3.8, 4) is 0 Å². The molecule has 1 aromatic rings. The van der Waals surface area contributed by atoms with Gasteiger partial charge in [0.25, 0.3) is 0 Å². The van der Waals surface area contributed by atoms with E-state index in [9.17, 15) is 8.94 Å². The van der Waals surface area contributed by atoms with Gasteiger partial charge in [0.05, 0.1) is 11.8 Å². The summed E-state index contributed by atoms with van der Waals surface area (Å²) in [6, 6.07) is 1.53. The van der Waals surface area contributed by atoms with Gasteiger partial charge in [0, 0.05) is 10.7 Å². The Labute approximate surface area is 106 Å². The van der Waals surface area contributed by atoms with Crippen LogP contribution in [-0.4, -0.2) is 20.5 Å². The summed E-state index contributed by atoms with van der Waals surface area (Å²) in [5, 5.41) is 0. The fourth-order valence-corrected chi connectivity index (χ4v) is 1.67. The van der Waals surface area contributed by atoms with Crippen molar-refractivity contribution in [2.24, 2.45) is 4.40 Å². The van der Waals surface area contributed by atoms with Crippen molar-refractivity contribution in [3.05, 3.63) is 28.2 Å². The van der Waals surface area contributed by atoms with Gasteiger partial charge in [-0.2, -0.15) is 4.39 Å². The molecule has 0 saturated heterocycles. The molecule has 88 valence electrons. The van der Waals surface area contributed by atoms with Crippen molar-refractivity contribution in [2.75, 3.05) is 0 Å². The van der Waals surface area contributed by atoms with Crippen LogP contribution in [0.3, 0.4) is 0 Å². The third-order valence-corrected chi connectivity index (χ3v) is 3.42. The van der Waals surface area contributed by atoms with Gasteiger partial charge in [-0.3, -0.25) is 0 Å². The first kappa shape index (κ1) is 13.6. The summed E-state index contributed by atoms with van der Waals surface area (Å²) in [4.78, 5) is 3.52. The van der Waals surface area contributed by atoms with Crippen LogP contribution in [0.15, 0.2) is 21.1 Å². The minimum Gasteiger partial charge on any atom is -0.591 e. The van der Waals surface area contributed by atoms with Crippen molar-refractivity contribution in [3.63, 3.8) is 0 Å². The molecular weight excluding hydrogens is 295 g/mol. The van der Waals surface area contributed by atoms with Crippen molar-refractivity contribution < 1.29 is 8.94 Å². The molecule has 0 saturated carbocycles. The first-order chi connectivity index (χ1) is 7.30. The van der Waals surface area contributed by atoms with Gasteiger partial charge < -0.3 is 4.55 Å². The lowest BCUT2D eigenvalue weighted by atomic mass is 10.3. The minimum absolute atomic E-state index is 0.215. The molecule has 0 spiro atoms. The number of hydrogen-bond acceptors (Lipinski definition) is 3. The average molecular weight is 307 g/mol. The normalized spacial score (nSPS) is 14.4. The highest BCUT2D eigenvalue weighted by atomic mass is 79.9. The summed E-state index contributed by atoms with van der Waals surface area (Å²) in [5.41, 5.74) is 0.215. The maximum atomic E-state index is 13.2. The van der Waals surface area contributed by atoms with E-state index in [1.54, 1.807) is 20.8 Å². The average Bonchev–Trinajstić information content (AvgIpc) is 2.17. The van der Waals surface area contributed by atoms with Gasteiger partial charge in [0.1, 0.15) is 16.1 Å². The van der Waals surface area contributed by atoms with Gasteiger partial charge in [-0.1, -0.05) is 4.40 Å². The molecule has 16 heavy (non-hydrogen) atoms. The van der Waals surface area contributed by atoms with Crippen molar-refractivity contribution in [1.29, 1.82) is 0 Å². The number of halogens is 2. The Kier molecular flexibility index (Phi) is 4.46. The SMILES string of the molecule is CC(C)(C)[S@@+]([O-])N=Cc1cc(Br)cnc1F. The molecule has 0 aliphatic heterocycles. The molecule has 1 rings (SSSR count). The van der Waals surface area contributed by atoms with E-state index < -0.39 is 22.1 Å². The van der Waals surface area contributed by atoms with Crippen molar-refractivity contribution in [1.82, 2.24) is 4.98 Å². The van der Waals surface area contributed by atoms with Gasteiger partial charge in [-0.15, -0.1) is 0 Å². The summed E-state index contributed by atoms with van der Waals surface area (Å²) >= 11 is 1.78. The smallest absolute Gasteiger partial charge is 0.221 e. The molecule has 0 bridgehead atoms. The molecule has 3 nitrogen and oxygen atoms in total. The number of pyridine rings is 1. The summed E-state index contributed by atoms with van der Waals surface area (Å²) in [7, 11) is 0. The predicted octanol–water partition coefficient (Wildman–Crippen LogP) is 2.86. The molecule has 1 atom stereocenters. The van der Waals surface area contributed by atoms with E-state index in [1.165, 1.54) is 18.5 Å². The summed E-state index contributed by atoms with van der Waals surface area (Å²) < 4.78 is 28.8. The molecule has 0 fully saturated rings. The zero-order valence-corrected chi connectivity index (χ0v) is 11.6. The van der Waals surface area contributed by atoms with Crippen molar-refractivity contribution in [2.45, 2.75) is 25.5 Å². The highest BCUT2D eigenvalue weighted by molar-refractivity contribution is 9.10. The number of aromatic nitrogens is 1. The lowest BCUT2D eigenvalue weighted by Crippen LogP contribution is -2.25. The Balaban J connectivity index is 2.88. The third kappa shape index (κ3) is 3.84. The van der Waals surface area contributed by atoms with E-state index in [0.717, 1.165) is 0 Å². The van der Waals surface area contributed by atoms with Crippen LogP contribution in [-0.2, 0) is 11.4 Å². The molecule has 6 heteroatoms. The van der Waals surface area contributed by atoms with Gasteiger partial charge in [0.15, 0.2) is 0 Å². The number of rotatable bonds is 2. The van der Waals surface area contributed by atoms with E-state index >= 15 is 0 Å². The molecule has 0 amide bonds. The Hall–Kier alpha value is -0.460. The van der Waals surface area contributed by atoms with Crippen LogP contribution < -0.4 is 0 Å². The van der Waals surface area contributed by atoms with E-state index in [-0.39, 0.29) is 5.56 Å². The molecule has 0 N–H and O–H groups in total. The summed E-state index contributed by atoms with van der Waals surface area (Å²) in [6.07, 6.45) is 2.60. The number of nitrogens with zero attached hydrogens (tertiary/aromatic N) is 2. The fourth-order valence-electron chi connectivity index (χ4n) is 0.792. The molecule has 0 radical (unpaired) electrons. The molecular formula is C10H12BrFN2OS. The van der Waals surface area contributed by atoms with E-state index in [0.29, 0.717) is 4.47 Å². The lowest BCUT2D eigenvalue weighted by Gasteiger charge is -2.17. The Morgan fingerprint density at radius 3 is 2.75 bits per heavy atom. The Morgan fingerprint density at radius 2 is 2.19 bits per heavy atom. The number of hydrogen-bond donors (Lipinski definition) is 0. The molecule has 0 aromatic carbocycles. The van der Waals surface area contributed by atoms with Crippen LogP contribution in [0.1, 0.15) is 26.3 Å². The molecule has 0 aliphatic carbocycles. The Bertz CT molecular complexity index is 406. The quantitative estimate of drug-likeness (QED) is 0.479. The first-order valence-corrected chi connectivity index (χ1v) is 6.48. The molecule has 1 aromatic heterocycles. The van der Waals surface area contributed by atoms with Gasteiger partial charge in [-0.25, -0.2) is 4.98 Å². The highest BCUT2D eigenvalue weighted by Gasteiger charge is 2.25. The van der Waals surface area contributed by atoms with Crippen LogP contribution in [0, 0.1) is 5.95 Å². The van der Waals surface area contributed by atoms with E-state index in [4.69, 9.17) is 0 Å².